The number of methoxy groups -OCH3 is 2. The second-order valence-electron chi connectivity index (χ2n) is 8.80. The molecule has 0 fully saturated rings. The van der Waals surface area contributed by atoms with Gasteiger partial charge in [-0.2, -0.15) is 0 Å². The Kier molecular flexibility index (Phi) is 8.95. The molecular formula is C31H31NO6. The van der Waals surface area contributed by atoms with Crippen molar-refractivity contribution < 1.29 is 28.9 Å². The van der Waals surface area contributed by atoms with E-state index in [2.05, 4.69) is 0 Å². The quantitative estimate of drug-likeness (QED) is 0.262. The molecule has 1 atom stereocenters. The van der Waals surface area contributed by atoms with Crippen LogP contribution in [-0.2, 0) is 20.9 Å². The van der Waals surface area contributed by atoms with Gasteiger partial charge in [0.2, 0.25) is 0 Å². The van der Waals surface area contributed by atoms with Gasteiger partial charge in [-0.1, -0.05) is 72.8 Å². The fourth-order valence-electron chi connectivity index (χ4n) is 4.40. The van der Waals surface area contributed by atoms with Crippen molar-refractivity contribution >= 4 is 17.8 Å². The highest BCUT2D eigenvalue weighted by Gasteiger charge is 2.42. The second kappa shape index (κ2) is 12.7. The zero-order chi connectivity index (χ0) is 26.9. The first-order chi connectivity index (χ1) is 18.5. The molecule has 38 heavy (non-hydrogen) atoms. The molecule has 0 radical (unpaired) electrons. The minimum Gasteiger partial charge on any atom is -0.503 e. The molecule has 1 N–H and O–H groups in total. The van der Waals surface area contributed by atoms with E-state index in [1.54, 1.807) is 31.4 Å². The summed E-state index contributed by atoms with van der Waals surface area (Å²) in [7, 11) is 3.12. The summed E-state index contributed by atoms with van der Waals surface area (Å²) < 4.78 is 16.7. The highest BCUT2D eigenvalue weighted by molar-refractivity contribution is 6.14. The normalized spacial score (nSPS) is 15.4. The Bertz CT molecular complexity index is 1320. The smallest absolute Gasteiger partial charge is 0.290 e. The number of ketones is 1. The molecule has 0 saturated heterocycles. The van der Waals surface area contributed by atoms with Crippen molar-refractivity contribution in [3.8, 4) is 11.5 Å². The molecule has 196 valence electrons. The van der Waals surface area contributed by atoms with Crippen LogP contribution >= 0.6 is 0 Å². The number of aliphatic hydroxyl groups excluding tert-OH is 1. The van der Waals surface area contributed by atoms with Crippen LogP contribution in [0.5, 0.6) is 11.5 Å². The Labute approximate surface area is 222 Å². The molecule has 7 heteroatoms. The van der Waals surface area contributed by atoms with Gasteiger partial charge < -0.3 is 24.2 Å². The van der Waals surface area contributed by atoms with Crippen LogP contribution < -0.4 is 9.47 Å². The van der Waals surface area contributed by atoms with Crippen molar-refractivity contribution in [2.24, 2.45) is 0 Å². The Hall–Kier alpha value is -4.36. The summed E-state index contributed by atoms with van der Waals surface area (Å²) in [5, 5.41) is 10.8. The van der Waals surface area contributed by atoms with Gasteiger partial charge in [0.15, 0.2) is 23.0 Å². The van der Waals surface area contributed by atoms with Gasteiger partial charge in [0.1, 0.15) is 6.61 Å². The van der Waals surface area contributed by atoms with Crippen LogP contribution in [0, 0.1) is 0 Å². The average Bonchev–Trinajstić information content (AvgIpc) is 3.21. The van der Waals surface area contributed by atoms with Crippen molar-refractivity contribution in [3.63, 3.8) is 0 Å². The van der Waals surface area contributed by atoms with Gasteiger partial charge in [0, 0.05) is 20.3 Å². The molecule has 0 bridgehead atoms. The van der Waals surface area contributed by atoms with E-state index in [-0.39, 0.29) is 5.57 Å². The number of aliphatic hydroxyl groups is 1. The van der Waals surface area contributed by atoms with Crippen LogP contribution in [0.4, 0.5) is 0 Å². The van der Waals surface area contributed by atoms with E-state index < -0.39 is 23.5 Å². The summed E-state index contributed by atoms with van der Waals surface area (Å²) in [6.07, 6.45) is 3.59. The highest BCUT2D eigenvalue weighted by atomic mass is 16.5. The van der Waals surface area contributed by atoms with Gasteiger partial charge in [0.25, 0.3) is 5.91 Å². The minimum atomic E-state index is -0.788. The van der Waals surface area contributed by atoms with Gasteiger partial charge in [-0.3, -0.25) is 9.59 Å². The predicted molar refractivity (Wildman–Crippen MR) is 145 cm³/mol. The third-order valence-corrected chi connectivity index (χ3v) is 6.28. The number of benzene rings is 3. The molecule has 1 amide bonds. The van der Waals surface area contributed by atoms with E-state index >= 15 is 0 Å². The number of hydrogen-bond donors (Lipinski definition) is 1. The molecule has 0 saturated carbocycles. The van der Waals surface area contributed by atoms with Gasteiger partial charge in [-0.05, 0) is 41.3 Å². The van der Waals surface area contributed by atoms with E-state index in [9.17, 15) is 14.7 Å². The highest BCUT2D eigenvalue weighted by Crippen LogP contribution is 2.41. The van der Waals surface area contributed by atoms with E-state index in [4.69, 9.17) is 14.2 Å². The molecule has 7 nitrogen and oxygen atoms in total. The maximum Gasteiger partial charge on any atom is 0.290 e. The van der Waals surface area contributed by atoms with E-state index in [0.717, 1.165) is 11.1 Å². The van der Waals surface area contributed by atoms with Gasteiger partial charge in [-0.15, -0.1) is 0 Å². The molecule has 4 rings (SSSR count). The first-order valence-electron chi connectivity index (χ1n) is 12.4. The number of rotatable bonds is 12. The lowest BCUT2D eigenvalue weighted by Gasteiger charge is -2.27. The van der Waals surface area contributed by atoms with Gasteiger partial charge in [0.05, 0.1) is 18.7 Å². The average molecular weight is 514 g/mol. The number of allylic oxidation sites excluding steroid dienone is 1. The number of carbonyl (C=O) groups excluding carboxylic acids is 2. The monoisotopic (exact) mass is 513 g/mol. The molecule has 1 unspecified atom stereocenters. The SMILES string of the molecule is COCCCN1C(=O)C(O)=C(C(=O)/C=C/c2ccccc2)C1c1ccc(OCc2ccccc2)c(OC)c1. The Morgan fingerprint density at radius 1 is 0.974 bits per heavy atom. The zero-order valence-corrected chi connectivity index (χ0v) is 21.5. The summed E-state index contributed by atoms with van der Waals surface area (Å²) >= 11 is 0. The molecule has 1 aliphatic heterocycles. The summed E-state index contributed by atoms with van der Waals surface area (Å²) in [5.41, 5.74) is 2.50. The van der Waals surface area contributed by atoms with Crippen LogP contribution in [0.3, 0.4) is 0 Å². The number of carbonyl (C=O) groups is 2. The van der Waals surface area contributed by atoms with Crippen LogP contribution in [0.1, 0.15) is 29.2 Å². The summed E-state index contributed by atoms with van der Waals surface area (Å²) in [6.45, 7) is 1.09. The van der Waals surface area contributed by atoms with Crippen molar-refractivity contribution in [3.05, 3.63) is 113 Å². The van der Waals surface area contributed by atoms with E-state index in [1.165, 1.54) is 18.1 Å². The van der Waals surface area contributed by atoms with Crippen molar-refractivity contribution in [2.45, 2.75) is 19.1 Å². The molecule has 0 aliphatic carbocycles. The van der Waals surface area contributed by atoms with E-state index in [0.29, 0.717) is 43.2 Å². The third-order valence-electron chi connectivity index (χ3n) is 6.28. The standard InChI is InChI=1S/C31H31NO6/c1-36-19-9-18-32-29(28(30(34)31(32)35)25(33)16-14-22-10-5-3-6-11-22)24-15-17-26(27(20-24)37-2)38-21-23-12-7-4-8-13-23/h3-8,10-17,20,29,34H,9,18-19,21H2,1-2H3/b16-14+. The molecule has 0 spiro atoms. The first-order valence-corrected chi connectivity index (χ1v) is 12.4. The van der Waals surface area contributed by atoms with E-state index in [1.807, 2.05) is 60.7 Å². The van der Waals surface area contributed by atoms with Crippen molar-refractivity contribution in [1.29, 1.82) is 0 Å². The number of nitrogens with zero attached hydrogens (tertiary/aromatic N) is 1. The van der Waals surface area contributed by atoms with Crippen molar-refractivity contribution in [1.82, 2.24) is 4.90 Å². The summed E-state index contributed by atoms with van der Waals surface area (Å²) in [6, 6.07) is 23.6. The second-order valence-corrected chi connectivity index (χ2v) is 8.80. The number of amides is 1. The zero-order valence-electron chi connectivity index (χ0n) is 21.5. The lowest BCUT2D eigenvalue weighted by Crippen LogP contribution is -2.32. The third kappa shape index (κ3) is 6.12. The maximum absolute atomic E-state index is 13.4. The minimum absolute atomic E-state index is 0.0274. The van der Waals surface area contributed by atoms with Crippen LogP contribution in [0.15, 0.2) is 96.3 Å². The maximum atomic E-state index is 13.4. The fourth-order valence-corrected chi connectivity index (χ4v) is 4.40. The fraction of sp³-hybridized carbons (Fsp3) is 0.226. The van der Waals surface area contributed by atoms with Crippen LogP contribution in [0.25, 0.3) is 6.08 Å². The Morgan fingerprint density at radius 3 is 2.37 bits per heavy atom. The van der Waals surface area contributed by atoms with Crippen LogP contribution in [-0.4, -0.2) is 49.1 Å². The van der Waals surface area contributed by atoms with Gasteiger partial charge in [-0.25, -0.2) is 0 Å². The molecular weight excluding hydrogens is 482 g/mol. The molecule has 1 heterocycles. The van der Waals surface area contributed by atoms with Gasteiger partial charge >= 0.3 is 0 Å². The Morgan fingerprint density at radius 2 is 1.68 bits per heavy atom. The largest absolute Gasteiger partial charge is 0.503 e. The number of ether oxygens (including phenoxy) is 3. The molecule has 1 aliphatic rings. The first kappa shape index (κ1) is 26.7. The lowest BCUT2D eigenvalue weighted by atomic mass is 9.95. The molecule has 0 aromatic heterocycles. The summed E-state index contributed by atoms with van der Waals surface area (Å²) in [4.78, 5) is 27.9. The molecule has 3 aromatic rings. The summed E-state index contributed by atoms with van der Waals surface area (Å²) in [5.74, 6) is -0.590. The number of hydrogen-bond acceptors (Lipinski definition) is 6. The molecule has 3 aromatic carbocycles. The Balaban J connectivity index is 1.65. The lowest BCUT2D eigenvalue weighted by molar-refractivity contribution is -0.129. The van der Waals surface area contributed by atoms with Crippen LogP contribution in [0.2, 0.25) is 0 Å². The predicted octanol–water partition coefficient (Wildman–Crippen LogP) is 5.29. The topological polar surface area (TPSA) is 85.3 Å². The van der Waals surface area contributed by atoms with Crippen molar-refractivity contribution in [2.75, 3.05) is 27.4 Å².